The fourth-order valence-electron chi connectivity index (χ4n) is 3.56. The number of phenolic OH excluding ortho intramolecular Hbond substituents is 1. The number of phenols is 1. The summed E-state index contributed by atoms with van der Waals surface area (Å²) in [5.74, 6) is 0.185. The van der Waals surface area contributed by atoms with E-state index >= 15 is 0 Å². The van der Waals surface area contributed by atoms with Crippen LogP contribution in [-0.2, 0) is 0 Å². The molecule has 0 fully saturated rings. The maximum absolute atomic E-state index is 12.4. The molecule has 3 aromatic carbocycles. The largest absolute Gasteiger partial charge is 0.508 e. The van der Waals surface area contributed by atoms with Crippen molar-refractivity contribution >= 4 is 22.1 Å². The highest BCUT2D eigenvalue weighted by Crippen LogP contribution is 2.37. The van der Waals surface area contributed by atoms with Gasteiger partial charge in [-0.05, 0) is 34.5 Å². The lowest BCUT2D eigenvalue weighted by Gasteiger charge is -2.24. The van der Waals surface area contributed by atoms with Gasteiger partial charge in [0.15, 0.2) is 0 Å². The number of fused-ring (bicyclic) bond motifs is 1. The summed E-state index contributed by atoms with van der Waals surface area (Å²) in [6.45, 7) is 0. The molecule has 0 aliphatic rings. The smallest absolute Gasteiger partial charge is 0.204 e. The summed E-state index contributed by atoms with van der Waals surface area (Å²) in [6, 6.07) is 20.7. The molecule has 5 heteroatoms. The molecule has 0 spiro atoms. The third kappa shape index (κ3) is 3.67. The Morgan fingerprint density at radius 1 is 0.966 bits per heavy atom. The van der Waals surface area contributed by atoms with Crippen LogP contribution in [0.15, 0.2) is 83.9 Å². The molecule has 0 saturated heterocycles. The van der Waals surface area contributed by atoms with Crippen molar-refractivity contribution in [3.05, 3.63) is 100 Å². The fourth-order valence-corrected chi connectivity index (χ4v) is 3.56. The third-order valence-corrected chi connectivity index (χ3v) is 5.10. The number of rotatable bonds is 5. The number of pyridine rings is 1. The topological polar surface area (TPSA) is 68.4 Å². The van der Waals surface area contributed by atoms with Gasteiger partial charge in [0.25, 0.3) is 0 Å². The molecule has 0 bridgehead atoms. The van der Waals surface area contributed by atoms with Crippen molar-refractivity contribution in [2.45, 2.75) is 6.04 Å². The number of benzene rings is 3. The van der Waals surface area contributed by atoms with Crippen LogP contribution in [0, 0.1) is 0 Å². The summed E-state index contributed by atoms with van der Waals surface area (Å²) in [7, 11) is 3.98. The lowest BCUT2D eigenvalue weighted by molar-refractivity contribution is 0.468. The van der Waals surface area contributed by atoms with Gasteiger partial charge in [-0.2, -0.15) is 0 Å². The van der Waals surface area contributed by atoms with Crippen LogP contribution in [0.2, 0.25) is 0 Å². The first-order valence-corrected chi connectivity index (χ1v) is 9.46. The molecule has 1 unspecified atom stereocenters. The van der Waals surface area contributed by atoms with E-state index in [4.69, 9.17) is 0 Å². The molecule has 1 aromatic heterocycles. The number of aromatic amines is 1. The van der Waals surface area contributed by atoms with E-state index in [1.54, 1.807) is 18.5 Å². The van der Waals surface area contributed by atoms with Gasteiger partial charge in [0.05, 0.1) is 11.7 Å². The molecule has 1 atom stereocenters. The summed E-state index contributed by atoms with van der Waals surface area (Å²) in [5.41, 5.74) is 3.10. The lowest BCUT2D eigenvalue weighted by atomic mass is 9.92. The van der Waals surface area contributed by atoms with Gasteiger partial charge < -0.3 is 20.3 Å². The molecule has 5 nitrogen and oxygen atoms in total. The number of nitrogens with zero attached hydrogens (tertiary/aromatic N) is 1. The van der Waals surface area contributed by atoms with E-state index in [9.17, 15) is 9.90 Å². The molecule has 0 aliphatic carbocycles. The molecule has 1 heterocycles. The Balaban J connectivity index is 1.90. The van der Waals surface area contributed by atoms with Crippen LogP contribution >= 0.6 is 0 Å². The van der Waals surface area contributed by atoms with Crippen molar-refractivity contribution in [3.63, 3.8) is 0 Å². The van der Waals surface area contributed by atoms with Crippen LogP contribution in [0.25, 0.3) is 10.8 Å². The summed E-state index contributed by atoms with van der Waals surface area (Å²) in [6.07, 6.45) is 3.25. The predicted octanol–water partition coefficient (Wildman–Crippen LogP) is 4.50. The van der Waals surface area contributed by atoms with Gasteiger partial charge in [-0.1, -0.05) is 42.5 Å². The van der Waals surface area contributed by atoms with Gasteiger partial charge in [0.1, 0.15) is 5.75 Å². The number of anilines is 2. The Labute approximate surface area is 169 Å². The van der Waals surface area contributed by atoms with Crippen LogP contribution in [0.5, 0.6) is 5.75 Å². The Morgan fingerprint density at radius 3 is 2.45 bits per heavy atom. The van der Waals surface area contributed by atoms with Crippen molar-refractivity contribution in [2.75, 3.05) is 24.3 Å². The van der Waals surface area contributed by atoms with Crippen molar-refractivity contribution in [2.24, 2.45) is 0 Å². The van der Waals surface area contributed by atoms with E-state index in [0.717, 1.165) is 27.6 Å². The van der Waals surface area contributed by atoms with Crippen LogP contribution in [0.1, 0.15) is 17.2 Å². The number of hydrogen-bond donors (Lipinski definition) is 3. The highest BCUT2D eigenvalue weighted by molar-refractivity contribution is 5.89. The van der Waals surface area contributed by atoms with Gasteiger partial charge in [-0.15, -0.1) is 0 Å². The van der Waals surface area contributed by atoms with Gasteiger partial charge >= 0.3 is 0 Å². The van der Waals surface area contributed by atoms with E-state index in [0.29, 0.717) is 5.69 Å². The standard InChI is InChI=1S/C24H23N3O2/c1-27(2)18-10-7-17(8-11-18)24(26-20-15-25-14-13-21(20)28)23-19-6-4-3-5-16(19)9-12-22(23)29/h3-15,24,26,29H,1-2H3,(H,25,28). The van der Waals surface area contributed by atoms with E-state index in [1.807, 2.05) is 73.6 Å². The molecule has 4 aromatic rings. The third-order valence-electron chi connectivity index (χ3n) is 5.10. The van der Waals surface area contributed by atoms with Crippen molar-refractivity contribution in [1.29, 1.82) is 0 Å². The van der Waals surface area contributed by atoms with Gasteiger partial charge in [0, 0.05) is 43.8 Å². The average Bonchev–Trinajstić information content (AvgIpc) is 2.74. The summed E-state index contributed by atoms with van der Waals surface area (Å²) >= 11 is 0. The Kier molecular flexibility index (Phi) is 4.96. The summed E-state index contributed by atoms with van der Waals surface area (Å²) in [4.78, 5) is 17.3. The second-order valence-electron chi connectivity index (χ2n) is 7.21. The molecule has 4 rings (SSSR count). The zero-order valence-electron chi connectivity index (χ0n) is 16.4. The highest BCUT2D eigenvalue weighted by Gasteiger charge is 2.21. The van der Waals surface area contributed by atoms with Crippen LogP contribution in [-0.4, -0.2) is 24.2 Å². The van der Waals surface area contributed by atoms with Gasteiger partial charge in [-0.25, -0.2) is 0 Å². The zero-order valence-corrected chi connectivity index (χ0v) is 16.4. The quantitative estimate of drug-likeness (QED) is 0.473. The summed E-state index contributed by atoms with van der Waals surface area (Å²) < 4.78 is 0. The molecule has 29 heavy (non-hydrogen) atoms. The first-order chi connectivity index (χ1) is 14.0. The van der Waals surface area contributed by atoms with Gasteiger partial charge in [0.2, 0.25) is 5.43 Å². The first-order valence-electron chi connectivity index (χ1n) is 9.46. The SMILES string of the molecule is CN(C)c1ccc(C(Nc2c[nH]ccc2=O)c2c(O)ccc3ccccc23)cc1. The zero-order chi connectivity index (χ0) is 20.4. The Hall–Kier alpha value is -3.73. The normalized spacial score (nSPS) is 11.9. The van der Waals surface area contributed by atoms with Crippen molar-refractivity contribution < 1.29 is 5.11 Å². The van der Waals surface area contributed by atoms with Crippen molar-refractivity contribution in [1.82, 2.24) is 4.98 Å². The molecule has 0 aliphatic heterocycles. The van der Waals surface area contributed by atoms with E-state index in [1.165, 1.54) is 6.07 Å². The number of nitrogens with one attached hydrogen (secondary N) is 2. The van der Waals surface area contributed by atoms with E-state index in [2.05, 4.69) is 10.3 Å². The molecular weight excluding hydrogens is 362 g/mol. The monoisotopic (exact) mass is 385 g/mol. The minimum absolute atomic E-state index is 0.113. The number of aromatic hydroxyl groups is 1. The molecule has 0 saturated carbocycles. The summed E-state index contributed by atoms with van der Waals surface area (Å²) in [5, 5.41) is 16.1. The molecule has 146 valence electrons. The number of H-pyrrole nitrogens is 1. The second kappa shape index (κ2) is 7.72. The van der Waals surface area contributed by atoms with Crippen LogP contribution in [0.3, 0.4) is 0 Å². The van der Waals surface area contributed by atoms with Crippen LogP contribution in [0.4, 0.5) is 11.4 Å². The van der Waals surface area contributed by atoms with Crippen LogP contribution < -0.4 is 15.6 Å². The Morgan fingerprint density at radius 2 is 1.72 bits per heavy atom. The van der Waals surface area contributed by atoms with Crippen molar-refractivity contribution in [3.8, 4) is 5.75 Å². The number of aromatic nitrogens is 1. The van der Waals surface area contributed by atoms with E-state index in [-0.39, 0.29) is 11.2 Å². The fraction of sp³-hybridized carbons (Fsp3) is 0.125. The minimum atomic E-state index is -0.402. The molecule has 3 N–H and O–H groups in total. The average molecular weight is 385 g/mol. The van der Waals surface area contributed by atoms with E-state index < -0.39 is 6.04 Å². The van der Waals surface area contributed by atoms with Gasteiger partial charge in [-0.3, -0.25) is 4.79 Å². The maximum Gasteiger partial charge on any atom is 0.204 e. The minimum Gasteiger partial charge on any atom is -0.508 e. The second-order valence-corrected chi connectivity index (χ2v) is 7.21. The number of hydrogen-bond acceptors (Lipinski definition) is 4. The Bertz CT molecular complexity index is 1200. The first kappa shape index (κ1) is 18.6. The molecule has 0 amide bonds. The molecular formula is C24H23N3O2. The molecule has 0 radical (unpaired) electrons. The highest BCUT2D eigenvalue weighted by atomic mass is 16.3. The maximum atomic E-state index is 12.4. The lowest BCUT2D eigenvalue weighted by Crippen LogP contribution is -2.18. The predicted molar refractivity (Wildman–Crippen MR) is 119 cm³/mol.